The zero-order valence-corrected chi connectivity index (χ0v) is 25.2. The van der Waals surface area contributed by atoms with Crippen molar-refractivity contribution in [2.24, 2.45) is 0 Å². The fourth-order valence-electron chi connectivity index (χ4n) is 4.03. The van der Waals surface area contributed by atoms with Crippen LogP contribution in [0.2, 0.25) is 0 Å². The van der Waals surface area contributed by atoms with E-state index in [2.05, 4.69) is 15.3 Å². The highest BCUT2D eigenvalue weighted by atomic mass is 32.2. The van der Waals surface area contributed by atoms with E-state index in [4.69, 9.17) is 4.74 Å². The molecule has 0 fully saturated rings. The average molecular weight is 621 g/mol. The molecule has 0 radical (unpaired) electrons. The smallest absolute Gasteiger partial charge is 0.414 e. The Morgan fingerprint density at radius 3 is 2.19 bits per heavy atom. The van der Waals surface area contributed by atoms with Crippen LogP contribution in [0.15, 0.2) is 53.6 Å². The summed E-state index contributed by atoms with van der Waals surface area (Å²) >= 11 is 0. The van der Waals surface area contributed by atoms with Crippen molar-refractivity contribution in [3.8, 4) is 5.75 Å². The number of benzene rings is 2. The maximum absolute atomic E-state index is 14.0. The first kappa shape index (κ1) is 33.0. The van der Waals surface area contributed by atoms with Crippen molar-refractivity contribution in [1.29, 1.82) is 0 Å². The molecule has 2 aromatic carbocycles. The molecule has 2 N–H and O–H groups in total. The van der Waals surface area contributed by atoms with E-state index in [0.29, 0.717) is 30.8 Å². The molecule has 0 saturated carbocycles. The number of hydrogen-bond donors (Lipinski definition) is 2. The number of carbonyl (C=O) groups excluding carboxylic acids is 1. The van der Waals surface area contributed by atoms with E-state index in [0.717, 1.165) is 10.4 Å². The summed E-state index contributed by atoms with van der Waals surface area (Å²) in [5, 5.41) is 12.9. The van der Waals surface area contributed by atoms with Crippen LogP contribution >= 0.6 is 0 Å². The van der Waals surface area contributed by atoms with E-state index in [9.17, 15) is 31.9 Å². The molecule has 15 heteroatoms. The van der Waals surface area contributed by atoms with Crippen LogP contribution in [-0.4, -0.2) is 80.2 Å². The molecule has 0 spiro atoms. The van der Waals surface area contributed by atoms with Crippen LogP contribution < -0.4 is 19.3 Å². The summed E-state index contributed by atoms with van der Waals surface area (Å²) in [5.74, 6) is -3.38. The first-order valence-electron chi connectivity index (χ1n) is 13.4. The van der Waals surface area contributed by atoms with Gasteiger partial charge in [0, 0.05) is 40.2 Å². The van der Waals surface area contributed by atoms with Gasteiger partial charge in [0.1, 0.15) is 17.5 Å². The number of aromatic nitrogens is 2. The van der Waals surface area contributed by atoms with E-state index in [1.807, 2.05) is 13.8 Å². The van der Waals surface area contributed by atoms with Gasteiger partial charge in [-0.3, -0.25) is 4.31 Å². The lowest BCUT2D eigenvalue weighted by Crippen LogP contribution is -2.36. The quantitative estimate of drug-likeness (QED) is 0.288. The van der Waals surface area contributed by atoms with Crippen LogP contribution in [-0.2, 0) is 21.2 Å². The highest BCUT2D eigenvalue weighted by molar-refractivity contribution is 7.92. The Labute approximate surface area is 249 Å². The van der Waals surface area contributed by atoms with Crippen molar-refractivity contribution >= 4 is 39.5 Å². The fourth-order valence-corrected chi connectivity index (χ4v) is 5.51. The number of hydrogen-bond acceptors (Lipinski definition) is 9. The molecule has 232 valence electrons. The lowest BCUT2D eigenvalue weighted by Gasteiger charge is -2.27. The van der Waals surface area contributed by atoms with Gasteiger partial charge >= 0.3 is 12.1 Å². The summed E-state index contributed by atoms with van der Waals surface area (Å²) < 4.78 is 60.7. The van der Waals surface area contributed by atoms with Gasteiger partial charge in [-0.25, -0.2) is 31.8 Å². The van der Waals surface area contributed by atoms with E-state index in [1.165, 1.54) is 44.2 Å². The number of amides is 1. The summed E-state index contributed by atoms with van der Waals surface area (Å²) in [5.41, 5.74) is 0.492. The molecule has 1 heterocycles. The minimum atomic E-state index is -4.45. The number of nitrogens with zero attached hydrogens (tertiary/aromatic N) is 5. The maximum Gasteiger partial charge on any atom is 0.414 e. The predicted octanol–water partition coefficient (Wildman–Crippen LogP) is 3.98. The van der Waals surface area contributed by atoms with Crippen LogP contribution in [0.4, 0.5) is 31.0 Å². The second-order valence-electron chi connectivity index (χ2n) is 9.47. The van der Waals surface area contributed by atoms with Crippen molar-refractivity contribution in [1.82, 2.24) is 14.9 Å². The molecule has 0 aliphatic heterocycles. The number of aliphatic carboxylic acids is 1. The Bertz CT molecular complexity index is 1550. The first-order chi connectivity index (χ1) is 20.3. The number of halogens is 2. The Morgan fingerprint density at radius 1 is 1.00 bits per heavy atom. The number of rotatable bonds is 13. The summed E-state index contributed by atoms with van der Waals surface area (Å²) in [6.07, 6.45) is 0.622. The Kier molecular flexibility index (Phi) is 10.8. The highest BCUT2D eigenvalue weighted by Gasteiger charge is 2.30. The van der Waals surface area contributed by atoms with Gasteiger partial charge in [0.15, 0.2) is 17.5 Å². The number of sulfonamides is 1. The monoisotopic (exact) mass is 620 g/mol. The van der Waals surface area contributed by atoms with Crippen molar-refractivity contribution in [3.63, 3.8) is 0 Å². The molecule has 0 unspecified atom stereocenters. The van der Waals surface area contributed by atoms with E-state index in [1.54, 1.807) is 17.0 Å². The number of ether oxygens (including phenoxy) is 1. The van der Waals surface area contributed by atoms with E-state index in [-0.39, 0.29) is 36.2 Å². The molecular formula is C28H34F2N6O6S. The highest BCUT2D eigenvalue weighted by Crippen LogP contribution is 2.31. The molecule has 0 saturated heterocycles. The van der Waals surface area contributed by atoms with Gasteiger partial charge < -0.3 is 25.0 Å². The van der Waals surface area contributed by atoms with Crippen molar-refractivity contribution in [2.45, 2.75) is 38.1 Å². The molecule has 12 nitrogen and oxygen atoms in total. The normalized spacial score (nSPS) is 11.9. The fraction of sp³-hybridized carbons (Fsp3) is 0.357. The van der Waals surface area contributed by atoms with Crippen LogP contribution in [0, 0.1) is 11.6 Å². The zero-order valence-electron chi connectivity index (χ0n) is 24.4. The summed E-state index contributed by atoms with van der Waals surface area (Å²) in [6.45, 7) is 6.16. The molecular weight excluding hydrogens is 586 g/mol. The summed E-state index contributed by atoms with van der Waals surface area (Å²) in [4.78, 5) is 35.5. The minimum absolute atomic E-state index is 0.0522. The Balaban J connectivity index is 2.02. The number of carbonyl (C=O) groups is 2. The molecule has 1 amide bonds. The van der Waals surface area contributed by atoms with E-state index >= 15 is 0 Å². The topological polar surface area (TPSA) is 145 Å². The van der Waals surface area contributed by atoms with Gasteiger partial charge in [0.25, 0.3) is 10.0 Å². The van der Waals surface area contributed by atoms with Crippen LogP contribution in [0.1, 0.15) is 26.3 Å². The lowest BCUT2D eigenvalue weighted by molar-refractivity contribution is -0.137. The van der Waals surface area contributed by atoms with Crippen LogP contribution in [0.3, 0.4) is 0 Å². The third kappa shape index (κ3) is 7.85. The first-order valence-corrected chi connectivity index (χ1v) is 14.8. The third-order valence-electron chi connectivity index (χ3n) is 6.38. The van der Waals surface area contributed by atoms with Gasteiger partial charge in [-0.15, -0.1) is 0 Å². The second kappa shape index (κ2) is 14.1. The summed E-state index contributed by atoms with van der Waals surface area (Å²) in [7, 11) is -1.37. The molecule has 0 bridgehead atoms. The van der Waals surface area contributed by atoms with Crippen molar-refractivity contribution < 1.29 is 36.6 Å². The predicted molar refractivity (Wildman–Crippen MR) is 157 cm³/mol. The van der Waals surface area contributed by atoms with Gasteiger partial charge in [0.05, 0.1) is 11.1 Å². The van der Waals surface area contributed by atoms with Crippen molar-refractivity contribution in [2.75, 3.05) is 48.3 Å². The SMILES string of the molecule is CCN(CC)c1ncc(N(CC)S(=O)(=O)c2ccc(F)c(F)c2)c(N[C@@H](Cc2ccc(OC(=O)N(C)C)cc2)C(=O)O)n1. The largest absolute Gasteiger partial charge is 0.480 e. The number of anilines is 3. The van der Waals surface area contributed by atoms with Crippen LogP contribution in [0.5, 0.6) is 5.75 Å². The number of carboxylic acid groups (broad SMARTS) is 1. The second-order valence-corrected chi connectivity index (χ2v) is 11.3. The molecule has 0 aliphatic rings. The number of carboxylic acids is 1. The maximum atomic E-state index is 14.0. The third-order valence-corrected chi connectivity index (χ3v) is 8.27. The minimum Gasteiger partial charge on any atom is -0.480 e. The average Bonchev–Trinajstić information content (AvgIpc) is 2.96. The summed E-state index contributed by atoms with van der Waals surface area (Å²) in [6, 6.07) is 7.20. The standard InChI is InChI=1S/C28H34F2N6O6S/c1-6-35(7-2)27-31-17-24(36(8-3)43(40,41)20-13-14-21(29)22(30)16-20)25(33-27)32-23(26(37)38)15-18-9-11-19(12-10-18)42-28(39)34(4)5/h9-14,16-17,23H,6-8,15H2,1-5H3,(H,37,38)(H,31,32,33)/t23-/m0/s1. The Hall–Kier alpha value is -4.53. The lowest BCUT2D eigenvalue weighted by atomic mass is 10.1. The molecule has 3 rings (SSSR count). The molecule has 43 heavy (non-hydrogen) atoms. The van der Waals surface area contributed by atoms with E-state index < -0.39 is 44.7 Å². The molecule has 0 aliphatic carbocycles. The zero-order chi connectivity index (χ0) is 31.9. The van der Waals surface area contributed by atoms with Gasteiger partial charge in [-0.1, -0.05) is 12.1 Å². The molecule has 1 aromatic heterocycles. The van der Waals surface area contributed by atoms with Gasteiger partial charge in [0.2, 0.25) is 5.95 Å². The van der Waals surface area contributed by atoms with Gasteiger partial charge in [-0.05, 0) is 56.7 Å². The molecule has 1 atom stereocenters. The van der Waals surface area contributed by atoms with Gasteiger partial charge in [-0.2, -0.15) is 4.98 Å². The number of nitrogens with one attached hydrogen (secondary N) is 1. The molecule has 3 aromatic rings. The van der Waals surface area contributed by atoms with Crippen molar-refractivity contribution in [3.05, 3.63) is 65.9 Å². The van der Waals surface area contributed by atoms with Crippen LogP contribution in [0.25, 0.3) is 0 Å². The Morgan fingerprint density at radius 2 is 1.65 bits per heavy atom.